The highest BCUT2D eigenvalue weighted by Crippen LogP contribution is 2.15. The Morgan fingerprint density at radius 3 is 2.88 bits per heavy atom. The number of fused-ring (bicyclic) bond motifs is 1. The Labute approximate surface area is 96.9 Å². The molecular weight excluding hydrogens is 220 g/mol. The Morgan fingerprint density at radius 2 is 2.18 bits per heavy atom. The standard InChI is InChI=1S/C9H6N4O2.C2H6/c14-9-12-11-8(15-9)6-1-3-13-4-2-10-7(13)5-6;1-2/h1-5H,(H,12,14);1-2H3. The molecule has 0 unspecified atom stereocenters. The molecule has 0 amide bonds. The number of imidazole rings is 1. The van der Waals surface area contributed by atoms with Crippen molar-refractivity contribution in [1.29, 1.82) is 0 Å². The van der Waals surface area contributed by atoms with Crippen molar-refractivity contribution in [3.05, 3.63) is 41.3 Å². The molecule has 17 heavy (non-hydrogen) atoms. The van der Waals surface area contributed by atoms with Crippen LogP contribution in [-0.2, 0) is 0 Å². The second-order valence-electron chi connectivity index (χ2n) is 3.03. The Bertz CT molecular complexity index is 665. The van der Waals surface area contributed by atoms with E-state index in [1.807, 2.05) is 30.6 Å². The van der Waals surface area contributed by atoms with Crippen molar-refractivity contribution < 1.29 is 4.42 Å². The summed E-state index contributed by atoms with van der Waals surface area (Å²) in [5.41, 5.74) is 1.49. The highest BCUT2D eigenvalue weighted by molar-refractivity contribution is 5.59. The SMILES string of the molecule is CC.O=c1[nH]nc(-c2ccn3ccnc3c2)o1. The van der Waals surface area contributed by atoms with Gasteiger partial charge in [-0.05, 0) is 12.1 Å². The number of nitrogens with one attached hydrogen (secondary N) is 1. The van der Waals surface area contributed by atoms with E-state index in [2.05, 4.69) is 15.2 Å². The molecule has 0 atom stereocenters. The van der Waals surface area contributed by atoms with Crippen LogP contribution in [0.4, 0.5) is 0 Å². The normalized spacial score (nSPS) is 10.0. The molecule has 0 saturated carbocycles. The number of aromatic amines is 1. The van der Waals surface area contributed by atoms with Gasteiger partial charge in [0.2, 0.25) is 5.89 Å². The molecule has 0 radical (unpaired) electrons. The Kier molecular flexibility index (Phi) is 3.04. The van der Waals surface area contributed by atoms with Crippen LogP contribution in [0, 0.1) is 0 Å². The lowest BCUT2D eigenvalue weighted by Gasteiger charge is -1.95. The molecule has 1 N–H and O–H groups in total. The molecule has 0 aliphatic rings. The molecule has 3 aromatic rings. The van der Waals surface area contributed by atoms with Gasteiger partial charge in [-0.25, -0.2) is 14.9 Å². The van der Waals surface area contributed by atoms with Gasteiger partial charge in [0.25, 0.3) is 0 Å². The Balaban J connectivity index is 0.000000514. The zero-order valence-corrected chi connectivity index (χ0v) is 9.54. The van der Waals surface area contributed by atoms with Crippen LogP contribution in [0.15, 0.2) is 39.9 Å². The Morgan fingerprint density at radius 1 is 1.35 bits per heavy atom. The lowest BCUT2D eigenvalue weighted by molar-refractivity contribution is 0.527. The minimum atomic E-state index is -0.562. The van der Waals surface area contributed by atoms with E-state index in [9.17, 15) is 4.79 Å². The first-order valence-electron chi connectivity index (χ1n) is 5.31. The summed E-state index contributed by atoms with van der Waals surface area (Å²) < 4.78 is 6.69. The first-order chi connectivity index (χ1) is 8.33. The van der Waals surface area contributed by atoms with E-state index in [1.54, 1.807) is 18.3 Å². The van der Waals surface area contributed by atoms with E-state index in [0.717, 1.165) is 5.65 Å². The third-order valence-electron chi connectivity index (χ3n) is 2.08. The highest BCUT2D eigenvalue weighted by atomic mass is 16.4. The number of pyridine rings is 1. The van der Waals surface area contributed by atoms with Crippen LogP contribution in [0.25, 0.3) is 17.1 Å². The molecule has 0 spiro atoms. The molecule has 3 aromatic heterocycles. The summed E-state index contributed by atoms with van der Waals surface area (Å²) in [4.78, 5) is 14.9. The van der Waals surface area contributed by atoms with Gasteiger partial charge < -0.3 is 8.82 Å². The fourth-order valence-corrected chi connectivity index (χ4v) is 1.40. The van der Waals surface area contributed by atoms with Crippen LogP contribution < -0.4 is 5.76 Å². The van der Waals surface area contributed by atoms with Crippen molar-refractivity contribution in [2.75, 3.05) is 0 Å². The largest absolute Gasteiger partial charge is 0.434 e. The van der Waals surface area contributed by atoms with E-state index < -0.39 is 5.76 Å². The number of H-pyrrole nitrogens is 1. The number of aromatic nitrogens is 4. The fraction of sp³-hybridized carbons (Fsp3) is 0.182. The van der Waals surface area contributed by atoms with E-state index >= 15 is 0 Å². The van der Waals surface area contributed by atoms with Crippen LogP contribution in [0.2, 0.25) is 0 Å². The molecule has 6 heteroatoms. The molecule has 0 saturated heterocycles. The molecule has 88 valence electrons. The van der Waals surface area contributed by atoms with E-state index in [-0.39, 0.29) is 5.89 Å². The quantitative estimate of drug-likeness (QED) is 0.692. The number of hydrogen-bond acceptors (Lipinski definition) is 4. The third-order valence-corrected chi connectivity index (χ3v) is 2.08. The van der Waals surface area contributed by atoms with Crippen molar-refractivity contribution in [2.45, 2.75) is 13.8 Å². The molecule has 0 aliphatic heterocycles. The van der Waals surface area contributed by atoms with Gasteiger partial charge >= 0.3 is 5.76 Å². The fourth-order valence-electron chi connectivity index (χ4n) is 1.40. The molecule has 0 fully saturated rings. The van der Waals surface area contributed by atoms with Gasteiger partial charge in [-0.2, -0.15) is 0 Å². The van der Waals surface area contributed by atoms with Gasteiger partial charge in [-0.3, -0.25) is 0 Å². The molecule has 0 aromatic carbocycles. The number of nitrogens with zero attached hydrogens (tertiary/aromatic N) is 3. The van der Waals surface area contributed by atoms with Gasteiger partial charge in [-0.15, -0.1) is 5.10 Å². The zero-order chi connectivity index (χ0) is 12.3. The maximum Gasteiger partial charge on any atom is 0.434 e. The monoisotopic (exact) mass is 232 g/mol. The summed E-state index contributed by atoms with van der Waals surface area (Å²) in [6.45, 7) is 4.00. The van der Waals surface area contributed by atoms with Crippen molar-refractivity contribution in [3.8, 4) is 11.5 Å². The van der Waals surface area contributed by atoms with Crippen LogP contribution in [0.1, 0.15) is 13.8 Å². The molecule has 6 nitrogen and oxygen atoms in total. The molecular formula is C11H12N4O2. The lowest BCUT2D eigenvalue weighted by Crippen LogP contribution is -1.93. The second-order valence-corrected chi connectivity index (χ2v) is 3.03. The third kappa shape index (κ3) is 2.10. The predicted molar refractivity (Wildman–Crippen MR) is 62.7 cm³/mol. The minimum absolute atomic E-state index is 0.269. The van der Waals surface area contributed by atoms with Gasteiger partial charge in [-0.1, -0.05) is 13.8 Å². The summed E-state index contributed by atoms with van der Waals surface area (Å²) >= 11 is 0. The van der Waals surface area contributed by atoms with Crippen LogP contribution in [0.5, 0.6) is 0 Å². The van der Waals surface area contributed by atoms with E-state index in [1.165, 1.54) is 0 Å². The average molecular weight is 232 g/mol. The van der Waals surface area contributed by atoms with Gasteiger partial charge in [0.05, 0.1) is 0 Å². The second kappa shape index (κ2) is 4.65. The van der Waals surface area contributed by atoms with Gasteiger partial charge in [0.15, 0.2) is 0 Å². The van der Waals surface area contributed by atoms with Crippen LogP contribution >= 0.6 is 0 Å². The molecule has 3 rings (SSSR count). The topological polar surface area (TPSA) is 76.2 Å². The zero-order valence-electron chi connectivity index (χ0n) is 9.54. The number of rotatable bonds is 1. The maximum atomic E-state index is 10.8. The summed E-state index contributed by atoms with van der Waals surface area (Å²) in [6.07, 6.45) is 5.35. The average Bonchev–Trinajstić information content (AvgIpc) is 2.99. The first-order valence-corrected chi connectivity index (χ1v) is 5.31. The summed E-state index contributed by atoms with van der Waals surface area (Å²) in [5, 5.41) is 5.95. The van der Waals surface area contributed by atoms with Crippen LogP contribution in [0.3, 0.4) is 0 Å². The maximum absolute atomic E-state index is 10.8. The highest BCUT2D eigenvalue weighted by Gasteiger charge is 2.05. The van der Waals surface area contributed by atoms with Gasteiger partial charge in [0.1, 0.15) is 5.65 Å². The van der Waals surface area contributed by atoms with Gasteiger partial charge in [0, 0.05) is 24.2 Å². The molecule has 0 bridgehead atoms. The van der Waals surface area contributed by atoms with Crippen LogP contribution in [-0.4, -0.2) is 19.6 Å². The lowest BCUT2D eigenvalue weighted by atomic mass is 10.2. The van der Waals surface area contributed by atoms with Crippen molar-refractivity contribution in [2.24, 2.45) is 0 Å². The van der Waals surface area contributed by atoms with E-state index in [4.69, 9.17) is 4.42 Å². The molecule has 0 aliphatic carbocycles. The van der Waals surface area contributed by atoms with Crippen molar-refractivity contribution in [1.82, 2.24) is 19.6 Å². The van der Waals surface area contributed by atoms with E-state index in [0.29, 0.717) is 5.56 Å². The van der Waals surface area contributed by atoms with Crippen molar-refractivity contribution in [3.63, 3.8) is 0 Å². The number of hydrogen-bond donors (Lipinski definition) is 1. The minimum Gasteiger partial charge on any atom is -0.388 e. The summed E-state index contributed by atoms with van der Waals surface area (Å²) in [5.74, 6) is -0.293. The molecule has 3 heterocycles. The summed E-state index contributed by atoms with van der Waals surface area (Å²) in [7, 11) is 0. The summed E-state index contributed by atoms with van der Waals surface area (Å²) in [6, 6.07) is 3.59. The van der Waals surface area contributed by atoms with Crippen molar-refractivity contribution >= 4 is 5.65 Å². The first kappa shape index (κ1) is 11.1. The smallest absolute Gasteiger partial charge is 0.388 e. The Hall–Kier alpha value is -2.37. The predicted octanol–water partition coefficient (Wildman–Crippen LogP) is 1.70.